The lowest BCUT2D eigenvalue weighted by Crippen LogP contribution is -2.30. The molecule has 0 unspecified atom stereocenters. The van der Waals surface area contributed by atoms with Crippen molar-refractivity contribution in [2.75, 3.05) is 13.1 Å². The van der Waals surface area contributed by atoms with E-state index in [0.717, 1.165) is 13.1 Å². The first kappa shape index (κ1) is 12.0. The molecule has 0 saturated heterocycles. The van der Waals surface area contributed by atoms with Crippen LogP contribution in [0.1, 0.15) is 26.3 Å². The van der Waals surface area contributed by atoms with Crippen molar-refractivity contribution < 1.29 is 0 Å². The second kappa shape index (κ2) is 6.41. The molecule has 0 aliphatic carbocycles. The predicted octanol–water partition coefficient (Wildman–Crippen LogP) is 3.43. The summed E-state index contributed by atoms with van der Waals surface area (Å²) >= 11 is 0. The van der Waals surface area contributed by atoms with Crippen LogP contribution in [0.25, 0.3) is 6.08 Å². The van der Waals surface area contributed by atoms with Gasteiger partial charge in [0, 0.05) is 6.04 Å². The van der Waals surface area contributed by atoms with Gasteiger partial charge in [0.25, 0.3) is 0 Å². The molecule has 0 aromatic heterocycles. The average molecular weight is 203 g/mol. The zero-order valence-electron chi connectivity index (χ0n) is 9.98. The molecule has 0 fully saturated rings. The Balaban J connectivity index is 2.57. The minimum Gasteiger partial charge on any atom is -0.298 e. The first-order chi connectivity index (χ1) is 7.27. The van der Waals surface area contributed by atoms with E-state index < -0.39 is 0 Å². The maximum atomic E-state index is 2.43. The van der Waals surface area contributed by atoms with E-state index in [4.69, 9.17) is 0 Å². The van der Waals surface area contributed by atoms with E-state index in [-0.39, 0.29) is 0 Å². The Labute approximate surface area is 93.4 Å². The summed E-state index contributed by atoms with van der Waals surface area (Å²) in [5, 5.41) is 0. The molecule has 1 atom stereocenters. The van der Waals surface area contributed by atoms with Crippen molar-refractivity contribution >= 4 is 6.08 Å². The maximum Gasteiger partial charge on any atom is 0.0252 e. The third-order valence-corrected chi connectivity index (χ3v) is 2.76. The molecule has 0 aliphatic heterocycles. The van der Waals surface area contributed by atoms with Gasteiger partial charge in [-0.2, -0.15) is 0 Å². The van der Waals surface area contributed by atoms with E-state index in [1.807, 2.05) is 6.07 Å². The molecule has 0 radical (unpaired) electrons. The Morgan fingerprint density at radius 1 is 1.13 bits per heavy atom. The van der Waals surface area contributed by atoms with Crippen molar-refractivity contribution in [3.05, 3.63) is 42.0 Å². The summed E-state index contributed by atoms with van der Waals surface area (Å²) in [5.74, 6) is 0. The highest BCUT2D eigenvalue weighted by molar-refractivity contribution is 5.49. The van der Waals surface area contributed by atoms with Crippen LogP contribution in [0, 0.1) is 0 Å². The number of benzene rings is 1. The first-order valence-corrected chi connectivity index (χ1v) is 5.75. The van der Waals surface area contributed by atoms with Gasteiger partial charge in [0.05, 0.1) is 0 Å². The van der Waals surface area contributed by atoms with Crippen molar-refractivity contribution in [2.24, 2.45) is 0 Å². The van der Waals surface area contributed by atoms with Gasteiger partial charge in [-0.15, -0.1) is 0 Å². The van der Waals surface area contributed by atoms with Crippen LogP contribution in [-0.4, -0.2) is 24.0 Å². The van der Waals surface area contributed by atoms with E-state index in [1.54, 1.807) is 0 Å². The average Bonchev–Trinajstić information content (AvgIpc) is 2.29. The Bertz CT molecular complexity index is 285. The quantitative estimate of drug-likeness (QED) is 0.708. The number of hydrogen-bond acceptors (Lipinski definition) is 1. The highest BCUT2D eigenvalue weighted by Gasteiger charge is 2.04. The van der Waals surface area contributed by atoms with E-state index in [1.165, 1.54) is 5.56 Å². The third-order valence-electron chi connectivity index (χ3n) is 2.76. The van der Waals surface area contributed by atoms with Crippen molar-refractivity contribution in [1.29, 1.82) is 0 Å². The highest BCUT2D eigenvalue weighted by Crippen LogP contribution is 2.05. The van der Waals surface area contributed by atoms with Gasteiger partial charge in [-0.1, -0.05) is 56.3 Å². The van der Waals surface area contributed by atoms with E-state index >= 15 is 0 Å². The monoisotopic (exact) mass is 203 g/mol. The second-order valence-electron chi connectivity index (χ2n) is 3.73. The SMILES string of the molecule is CCN(CC)[C@@H](C)/C=C/c1ccccc1. The van der Waals surface area contributed by atoms with Crippen LogP contribution in [0.3, 0.4) is 0 Å². The molecule has 1 aromatic rings. The lowest BCUT2D eigenvalue weighted by Gasteiger charge is -2.23. The zero-order valence-corrected chi connectivity index (χ0v) is 9.98. The largest absolute Gasteiger partial charge is 0.298 e. The molecule has 0 N–H and O–H groups in total. The van der Waals surface area contributed by atoms with Gasteiger partial charge in [0.15, 0.2) is 0 Å². The molecule has 0 saturated carbocycles. The number of nitrogens with zero attached hydrogens (tertiary/aromatic N) is 1. The Hall–Kier alpha value is -1.08. The summed E-state index contributed by atoms with van der Waals surface area (Å²) in [4.78, 5) is 2.43. The van der Waals surface area contributed by atoms with Crippen molar-refractivity contribution in [1.82, 2.24) is 4.90 Å². The van der Waals surface area contributed by atoms with Gasteiger partial charge in [0.2, 0.25) is 0 Å². The van der Waals surface area contributed by atoms with Crippen LogP contribution in [0.15, 0.2) is 36.4 Å². The van der Waals surface area contributed by atoms with Crippen molar-refractivity contribution in [2.45, 2.75) is 26.8 Å². The number of likely N-dealkylation sites (N-methyl/N-ethyl adjacent to an activating group) is 1. The Morgan fingerprint density at radius 2 is 1.73 bits per heavy atom. The van der Waals surface area contributed by atoms with Gasteiger partial charge < -0.3 is 0 Å². The summed E-state index contributed by atoms with van der Waals surface area (Å²) in [7, 11) is 0. The molecular formula is C14H21N. The molecule has 0 amide bonds. The van der Waals surface area contributed by atoms with Crippen molar-refractivity contribution in [3.63, 3.8) is 0 Å². The van der Waals surface area contributed by atoms with Gasteiger partial charge in [-0.05, 0) is 25.6 Å². The van der Waals surface area contributed by atoms with Crippen LogP contribution in [-0.2, 0) is 0 Å². The summed E-state index contributed by atoms with van der Waals surface area (Å²) < 4.78 is 0. The Morgan fingerprint density at radius 3 is 2.27 bits per heavy atom. The standard InChI is InChI=1S/C14H21N/c1-4-15(5-2)13(3)11-12-14-9-7-6-8-10-14/h6-13H,4-5H2,1-3H3/b12-11+/t13-/m0/s1. The molecule has 0 aliphatic rings. The molecule has 1 nitrogen and oxygen atoms in total. The van der Waals surface area contributed by atoms with Crippen LogP contribution in [0.4, 0.5) is 0 Å². The topological polar surface area (TPSA) is 3.24 Å². The lowest BCUT2D eigenvalue weighted by molar-refractivity contribution is 0.269. The van der Waals surface area contributed by atoms with E-state index in [0.29, 0.717) is 6.04 Å². The Kier molecular flexibility index (Phi) is 5.13. The first-order valence-electron chi connectivity index (χ1n) is 5.75. The lowest BCUT2D eigenvalue weighted by atomic mass is 10.1. The summed E-state index contributed by atoms with van der Waals surface area (Å²) in [6.45, 7) is 8.87. The molecule has 1 aromatic carbocycles. The van der Waals surface area contributed by atoms with Gasteiger partial charge >= 0.3 is 0 Å². The highest BCUT2D eigenvalue weighted by atomic mass is 15.1. The van der Waals surface area contributed by atoms with Crippen LogP contribution in [0.2, 0.25) is 0 Å². The molecule has 0 spiro atoms. The third kappa shape index (κ3) is 3.88. The summed E-state index contributed by atoms with van der Waals surface area (Å²) in [6.07, 6.45) is 4.46. The van der Waals surface area contributed by atoms with Gasteiger partial charge in [-0.3, -0.25) is 4.90 Å². The van der Waals surface area contributed by atoms with E-state index in [2.05, 4.69) is 62.1 Å². The maximum absolute atomic E-state index is 2.43. The summed E-state index contributed by atoms with van der Waals surface area (Å²) in [6, 6.07) is 11.0. The van der Waals surface area contributed by atoms with E-state index in [9.17, 15) is 0 Å². The van der Waals surface area contributed by atoms with Crippen LogP contribution >= 0.6 is 0 Å². The van der Waals surface area contributed by atoms with Crippen LogP contribution < -0.4 is 0 Å². The minimum absolute atomic E-state index is 0.514. The van der Waals surface area contributed by atoms with Crippen molar-refractivity contribution in [3.8, 4) is 0 Å². The zero-order chi connectivity index (χ0) is 11.1. The minimum atomic E-state index is 0.514. The number of rotatable bonds is 5. The molecule has 0 heterocycles. The molecule has 0 bridgehead atoms. The second-order valence-corrected chi connectivity index (χ2v) is 3.73. The fraction of sp³-hybridized carbons (Fsp3) is 0.429. The normalized spacial score (nSPS) is 13.6. The number of hydrogen-bond donors (Lipinski definition) is 0. The summed E-state index contributed by atoms with van der Waals surface area (Å²) in [5.41, 5.74) is 1.27. The molecular weight excluding hydrogens is 182 g/mol. The van der Waals surface area contributed by atoms with Gasteiger partial charge in [0.1, 0.15) is 0 Å². The smallest absolute Gasteiger partial charge is 0.0252 e. The van der Waals surface area contributed by atoms with Gasteiger partial charge in [-0.25, -0.2) is 0 Å². The molecule has 15 heavy (non-hydrogen) atoms. The molecule has 1 heteroatoms. The molecule has 82 valence electrons. The fourth-order valence-corrected chi connectivity index (χ4v) is 1.74. The molecule has 1 rings (SSSR count). The fourth-order valence-electron chi connectivity index (χ4n) is 1.74. The predicted molar refractivity (Wildman–Crippen MR) is 67.9 cm³/mol. The van der Waals surface area contributed by atoms with Crippen LogP contribution in [0.5, 0.6) is 0 Å².